The zero-order chi connectivity index (χ0) is 20.7. The van der Waals surface area contributed by atoms with E-state index in [9.17, 15) is 13.6 Å². The highest BCUT2D eigenvalue weighted by Gasteiger charge is 2.27. The van der Waals surface area contributed by atoms with Crippen LogP contribution in [0.15, 0.2) is 47.0 Å². The molecule has 6 nitrogen and oxygen atoms in total. The molecule has 30 heavy (non-hydrogen) atoms. The van der Waals surface area contributed by atoms with Crippen molar-refractivity contribution < 1.29 is 27.6 Å². The normalized spacial score (nSPS) is 16.1. The number of carbonyl (C=O) groups excluding carboxylic acids is 1. The van der Waals surface area contributed by atoms with Crippen LogP contribution < -0.4 is 9.47 Å². The first-order valence-corrected chi connectivity index (χ1v) is 9.69. The Morgan fingerprint density at radius 3 is 2.57 bits per heavy atom. The van der Waals surface area contributed by atoms with E-state index in [1.807, 2.05) is 6.07 Å². The van der Waals surface area contributed by atoms with Gasteiger partial charge in [-0.15, -0.1) is 0 Å². The van der Waals surface area contributed by atoms with Crippen molar-refractivity contribution in [3.8, 4) is 22.8 Å². The van der Waals surface area contributed by atoms with Crippen LogP contribution in [-0.2, 0) is 0 Å². The monoisotopic (exact) mass is 412 g/mol. The van der Waals surface area contributed by atoms with Crippen LogP contribution >= 0.6 is 0 Å². The molecule has 0 radical (unpaired) electrons. The van der Waals surface area contributed by atoms with E-state index in [0.717, 1.165) is 17.2 Å². The van der Waals surface area contributed by atoms with Crippen LogP contribution in [0.25, 0.3) is 11.3 Å². The topological polar surface area (TPSA) is 64.8 Å². The number of ether oxygens (including phenoxy) is 2. The van der Waals surface area contributed by atoms with E-state index in [1.165, 1.54) is 6.07 Å². The Morgan fingerprint density at radius 1 is 0.967 bits per heavy atom. The second-order valence-electron chi connectivity index (χ2n) is 7.38. The number of aromatic nitrogens is 1. The Morgan fingerprint density at radius 2 is 1.77 bits per heavy atom. The Labute approximate surface area is 171 Å². The standard InChI is InChI=1S/C22H18F2N2O4/c23-16-3-1-14(9-17(16)24)13-5-7-26(8-6-13)22(27)18-11-20(30-25-18)15-2-4-19-21(10-15)29-12-28-19/h1-4,9-11,13H,5-8,12H2. The maximum absolute atomic E-state index is 13.5. The van der Waals surface area contributed by atoms with Gasteiger partial charge in [-0.2, -0.15) is 0 Å². The van der Waals surface area contributed by atoms with Crippen LogP contribution in [0, 0.1) is 11.6 Å². The molecule has 0 saturated carbocycles. The fourth-order valence-corrected chi connectivity index (χ4v) is 3.91. The minimum absolute atomic E-state index is 0.0886. The summed E-state index contributed by atoms with van der Waals surface area (Å²) < 4.78 is 42.7. The van der Waals surface area contributed by atoms with Crippen LogP contribution in [0.5, 0.6) is 11.5 Å². The Hall–Kier alpha value is -3.42. The lowest BCUT2D eigenvalue weighted by Crippen LogP contribution is -2.38. The van der Waals surface area contributed by atoms with E-state index in [4.69, 9.17) is 14.0 Å². The molecule has 0 spiro atoms. The summed E-state index contributed by atoms with van der Waals surface area (Å²) in [5.74, 6) is -0.0664. The van der Waals surface area contributed by atoms with Crippen molar-refractivity contribution in [2.75, 3.05) is 19.9 Å². The molecule has 0 unspecified atom stereocenters. The van der Waals surface area contributed by atoms with Crippen molar-refractivity contribution in [3.63, 3.8) is 0 Å². The van der Waals surface area contributed by atoms with Gasteiger partial charge in [0.2, 0.25) is 6.79 Å². The van der Waals surface area contributed by atoms with Crippen LogP contribution in [0.3, 0.4) is 0 Å². The van der Waals surface area contributed by atoms with E-state index in [0.29, 0.717) is 43.2 Å². The molecular weight excluding hydrogens is 394 g/mol. The maximum atomic E-state index is 13.5. The maximum Gasteiger partial charge on any atom is 0.276 e. The predicted molar refractivity (Wildman–Crippen MR) is 102 cm³/mol. The number of fused-ring (bicyclic) bond motifs is 1. The predicted octanol–water partition coefficient (Wildman–Crippen LogP) is 4.37. The molecule has 154 valence electrons. The van der Waals surface area contributed by atoms with Gasteiger partial charge in [-0.05, 0) is 54.7 Å². The van der Waals surface area contributed by atoms with Crippen molar-refractivity contribution in [1.82, 2.24) is 10.1 Å². The number of rotatable bonds is 3. The van der Waals surface area contributed by atoms with E-state index in [1.54, 1.807) is 29.2 Å². The number of halogens is 2. The van der Waals surface area contributed by atoms with Gasteiger partial charge in [-0.1, -0.05) is 11.2 Å². The largest absolute Gasteiger partial charge is 0.454 e. The van der Waals surface area contributed by atoms with Gasteiger partial charge < -0.3 is 18.9 Å². The molecule has 2 aliphatic rings. The average molecular weight is 412 g/mol. The molecule has 5 rings (SSSR count). The van der Waals surface area contributed by atoms with Gasteiger partial charge in [0.05, 0.1) is 0 Å². The minimum Gasteiger partial charge on any atom is -0.454 e. The summed E-state index contributed by atoms with van der Waals surface area (Å²) in [6.07, 6.45) is 1.34. The first-order valence-electron chi connectivity index (χ1n) is 9.69. The van der Waals surface area contributed by atoms with Crippen LogP contribution in [0.1, 0.15) is 34.8 Å². The van der Waals surface area contributed by atoms with E-state index in [-0.39, 0.29) is 24.3 Å². The molecule has 8 heteroatoms. The molecule has 1 fully saturated rings. The molecular formula is C22H18F2N2O4. The number of amides is 1. The zero-order valence-corrected chi connectivity index (χ0v) is 15.9. The summed E-state index contributed by atoms with van der Waals surface area (Å²) >= 11 is 0. The van der Waals surface area contributed by atoms with Gasteiger partial charge in [-0.25, -0.2) is 8.78 Å². The fourth-order valence-electron chi connectivity index (χ4n) is 3.91. The summed E-state index contributed by atoms with van der Waals surface area (Å²) in [4.78, 5) is 14.5. The second-order valence-corrected chi connectivity index (χ2v) is 7.38. The van der Waals surface area contributed by atoms with Gasteiger partial charge in [0, 0.05) is 24.7 Å². The number of hydrogen-bond donors (Lipinski definition) is 0. The number of hydrogen-bond acceptors (Lipinski definition) is 5. The fraction of sp³-hybridized carbons (Fsp3) is 0.273. The quantitative estimate of drug-likeness (QED) is 0.639. The number of likely N-dealkylation sites (tertiary alicyclic amines) is 1. The Balaban J connectivity index is 1.25. The lowest BCUT2D eigenvalue weighted by molar-refractivity contribution is 0.0702. The second kappa shape index (κ2) is 7.44. The number of piperidine rings is 1. The lowest BCUT2D eigenvalue weighted by atomic mass is 9.89. The SMILES string of the molecule is O=C(c1cc(-c2ccc3c(c2)OCO3)on1)N1CCC(c2ccc(F)c(F)c2)CC1. The number of carbonyl (C=O) groups is 1. The molecule has 1 saturated heterocycles. The first-order chi connectivity index (χ1) is 14.6. The summed E-state index contributed by atoms with van der Waals surface area (Å²) in [7, 11) is 0. The Kier molecular flexibility index (Phi) is 4.61. The van der Waals surface area contributed by atoms with Gasteiger partial charge in [-0.3, -0.25) is 4.79 Å². The molecule has 1 amide bonds. The molecule has 0 aliphatic carbocycles. The van der Waals surface area contributed by atoms with Gasteiger partial charge in [0.25, 0.3) is 5.91 Å². The third-order valence-corrected chi connectivity index (χ3v) is 5.58. The smallest absolute Gasteiger partial charge is 0.276 e. The van der Waals surface area contributed by atoms with Crippen LogP contribution in [0.4, 0.5) is 8.78 Å². The molecule has 3 aromatic rings. The molecule has 0 N–H and O–H groups in total. The van der Waals surface area contributed by atoms with Crippen molar-refractivity contribution >= 4 is 5.91 Å². The van der Waals surface area contributed by atoms with Crippen molar-refractivity contribution in [2.45, 2.75) is 18.8 Å². The highest BCUT2D eigenvalue weighted by molar-refractivity contribution is 5.93. The van der Waals surface area contributed by atoms with Gasteiger partial charge in [0.1, 0.15) is 0 Å². The molecule has 1 aromatic heterocycles. The highest BCUT2D eigenvalue weighted by atomic mass is 19.2. The highest BCUT2D eigenvalue weighted by Crippen LogP contribution is 2.36. The van der Waals surface area contributed by atoms with E-state index < -0.39 is 11.6 Å². The number of nitrogens with zero attached hydrogens (tertiary/aromatic N) is 2. The van der Waals surface area contributed by atoms with Crippen LogP contribution in [-0.4, -0.2) is 35.8 Å². The summed E-state index contributed by atoms with van der Waals surface area (Å²) in [5.41, 5.74) is 1.73. The van der Waals surface area contributed by atoms with E-state index >= 15 is 0 Å². The minimum atomic E-state index is -0.851. The first kappa shape index (κ1) is 18.6. The number of benzene rings is 2. The molecule has 2 aromatic carbocycles. The third kappa shape index (κ3) is 3.38. The summed E-state index contributed by atoms with van der Waals surface area (Å²) in [6.45, 7) is 1.20. The van der Waals surface area contributed by atoms with Crippen molar-refractivity contribution in [3.05, 3.63) is 65.4 Å². The Bertz CT molecular complexity index is 1110. The van der Waals surface area contributed by atoms with Gasteiger partial charge in [0.15, 0.2) is 34.6 Å². The van der Waals surface area contributed by atoms with Gasteiger partial charge >= 0.3 is 0 Å². The average Bonchev–Trinajstić information content (AvgIpc) is 3.44. The van der Waals surface area contributed by atoms with E-state index in [2.05, 4.69) is 5.16 Å². The molecule has 0 atom stereocenters. The van der Waals surface area contributed by atoms with Crippen molar-refractivity contribution in [1.29, 1.82) is 0 Å². The third-order valence-electron chi connectivity index (χ3n) is 5.58. The van der Waals surface area contributed by atoms with Crippen LogP contribution in [0.2, 0.25) is 0 Å². The molecule has 3 heterocycles. The van der Waals surface area contributed by atoms with Crippen molar-refractivity contribution in [2.24, 2.45) is 0 Å². The molecule has 0 bridgehead atoms. The molecule has 2 aliphatic heterocycles. The lowest BCUT2D eigenvalue weighted by Gasteiger charge is -2.31. The summed E-state index contributed by atoms with van der Waals surface area (Å²) in [5, 5.41) is 3.93. The summed E-state index contributed by atoms with van der Waals surface area (Å²) in [6, 6.07) is 11.0. The zero-order valence-electron chi connectivity index (χ0n) is 15.9.